The van der Waals surface area contributed by atoms with Gasteiger partial charge in [-0.3, -0.25) is 9.59 Å². The number of carbonyl (C=O) groups excluding carboxylic acids is 2. The Morgan fingerprint density at radius 1 is 0.857 bits per heavy atom. The third-order valence-electron chi connectivity index (χ3n) is 4.14. The number of carbonyl (C=O) groups is 2. The molecule has 0 spiro atoms. The van der Waals surface area contributed by atoms with E-state index >= 15 is 0 Å². The molecule has 0 atom stereocenters. The molecule has 0 fully saturated rings. The van der Waals surface area contributed by atoms with Crippen LogP contribution in [0.1, 0.15) is 17.5 Å². The lowest BCUT2D eigenvalue weighted by atomic mass is 10.1. The van der Waals surface area contributed by atoms with Crippen molar-refractivity contribution in [3.63, 3.8) is 0 Å². The van der Waals surface area contributed by atoms with Gasteiger partial charge in [0, 0.05) is 19.5 Å². The summed E-state index contributed by atoms with van der Waals surface area (Å²) < 4.78 is 23.3. The average Bonchev–Trinajstić information content (AvgIpc) is 2.71. The molecule has 0 aliphatic carbocycles. The largest absolute Gasteiger partial charge is 0.493 e. The molecule has 2 rings (SSSR count). The summed E-state index contributed by atoms with van der Waals surface area (Å²) in [5, 5.41) is 5.50. The molecule has 7 heteroatoms. The number of ether oxygens (including phenoxy) is 2. The number of nitrogens with one attached hydrogen (secondary N) is 2. The maximum atomic E-state index is 12.8. The van der Waals surface area contributed by atoms with Gasteiger partial charge in [0.25, 0.3) is 0 Å². The number of amides is 2. The van der Waals surface area contributed by atoms with Crippen molar-refractivity contribution in [3.8, 4) is 11.5 Å². The first-order valence-electron chi connectivity index (χ1n) is 9.00. The molecule has 0 aliphatic rings. The summed E-state index contributed by atoms with van der Waals surface area (Å²) in [4.78, 5) is 23.8. The van der Waals surface area contributed by atoms with Gasteiger partial charge in [-0.05, 0) is 41.8 Å². The fourth-order valence-corrected chi connectivity index (χ4v) is 2.64. The van der Waals surface area contributed by atoms with Crippen molar-refractivity contribution in [3.05, 3.63) is 59.4 Å². The van der Waals surface area contributed by atoms with Crippen LogP contribution in [0.4, 0.5) is 4.39 Å². The molecule has 0 saturated heterocycles. The third-order valence-corrected chi connectivity index (χ3v) is 4.14. The van der Waals surface area contributed by atoms with Crippen molar-refractivity contribution < 1.29 is 23.5 Å². The van der Waals surface area contributed by atoms with Crippen LogP contribution in [-0.4, -0.2) is 39.1 Å². The zero-order valence-corrected chi connectivity index (χ0v) is 16.1. The number of benzene rings is 2. The van der Waals surface area contributed by atoms with Crippen LogP contribution < -0.4 is 20.1 Å². The molecule has 2 aromatic carbocycles. The van der Waals surface area contributed by atoms with Crippen LogP contribution in [0.5, 0.6) is 11.5 Å². The Balaban J connectivity index is 1.64. The molecule has 150 valence electrons. The topological polar surface area (TPSA) is 76.7 Å². The van der Waals surface area contributed by atoms with Gasteiger partial charge >= 0.3 is 0 Å². The Morgan fingerprint density at radius 3 is 2.11 bits per heavy atom. The minimum atomic E-state index is -0.333. The Labute approximate surface area is 164 Å². The van der Waals surface area contributed by atoms with Crippen LogP contribution in [0.2, 0.25) is 0 Å². The second-order valence-corrected chi connectivity index (χ2v) is 6.19. The Morgan fingerprint density at radius 2 is 1.46 bits per heavy atom. The molecule has 28 heavy (non-hydrogen) atoms. The van der Waals surface area contributed by atoms with Gasteiger partial charge < -0.3 is 20.1 Å². The first kappa shape index (κ1) is 21.2. The number of hydrogen-bond donors (Lipinski definition) is 2. The van der Waals surface area contributed by atoms with Crippen molar-refractivity contribution in [1.29, 1.82) is 0 Å². The minimum absolute atomic E-state index is 0.0948. The number of hydrogen-bond acceptors (Lipinski definition) is 4. The molecular formula is C21H25FN2O4. The average molecular weight is 388 g/mol. The second kappa shape index (κ2) is 10.9. The van der Waals surface area contributed by atoms with E-state index in [1.807, 2.05) is 18.2 Å². The molecule has 0 radical (unpaired) electrons. The molecule has 2 aromatic rings. The van der Waals surface area contributed by atoms with Gasteiger partial charge in [-0.15, -0.1) is 0 Å². The molecule has 2 N–H and O–H groups in total. The zero-order chi connectivity index (χ0) is 20.4. The van der Waals surface area contributed by atoms with E-state index < -0.39 is 0 Å². The van der Waals surface area contributed by atoms with Gasteiger partial charge in [0.05, 0.1) is 20.6 Å². The Kier molecular flexibility index (Phi) is 8.27. The summed E-state index contributed by atoms with van der Waals surface area (Å²) in [7, 11) is 3.14. The maximum Gasteiger partial charge on any atom is 0.224 e. The zero-order valence-electron chi connectivity index (χ0n) is 16.1. The molecule has 0 aliphatic heterocycles. The summed E-state index contributed by atoms with van der Waals surface area (Å²) in [5.41, 5.74) is 1.71. The van der Waals surface area contributed by atoms with Gasteiger partial charge in [0.1, 0.15) is 5.82 Å². The van der Waals surface area contributed by atoms with Crippen molar-refractivity contribution in [2.75, 3.05) is 27.3 Å². The van der Waals surface area contributed by atoms with E-state index in [1.54, 1.807) is 26.4 Å². The molecule has 2 amide bonds. The molecule has 0 heterocycles. The van der Waals surface area contributed by atoms with Crippen LogP contribution in [0.25, 0.3) is 0 Å². The van der Waals surface area contributed by atoms with Crippen LogP contribution in [-0.2, 0) is 22.4 Å². The van der Waals surface area contributed by atoms with E-state index in [-0.39, 0.29) is 24.1 Å². The highest BCUT2D eigenvalue weighted by molar-refractivity contribution is 5.79. The standard InChI is InChI=1S/C21H25FN2O4/c1-27-18-9-5-15(13-19(18)28-2)6-10-20(25)23-11-12-24-21(26)14-16-3-7-17(22)8-4-16/h3-5,7-9,13H,6,10-12,14H2,1-2H3,(H,23,25)(H,24,26). The van der Waals surface area contributed by atoms with Gasteiger partial charge in [-0.2, -0.15) is 0 Å². The number of rotatable bonds is 10. The third kappa shape index (κ3) is 6.90. The predicted molar refractivity (Wildman–Crippen MR) is 104 cm³/mol. The summed E-state index contributed by atoms with van der Waals surface area (Å²) >= 11 is 0. The lowest BCUT2D eigenvalue weighted by molar-refractivity contribution is -0.122. The van der Waals surface area contributed by atoms with Crippen LogP contribution in [0, 0.1) is 5.82 Å². The number of aryl methyl sites for hydroxylation is 1. The Hall–Kier alpha value is -3.09. The summed E-state index contributed by atoms with van der Waals surface area (Å²) in [6.45, 7) is 0.683. The van der Waals surface area contributed by atoms with Gasteiger partial charge in [0.2, 0.25) is 11.8 Å². The van der Waals surface area contributed by atoms with Gasteiger partial charge in [-0.1, -0.05) is 18.2 Å². The van der Waals surface area contributed by atoms with Crippen LogP contribution >= 0.6 is 0 Å². The molecule has 0 saturated carbocycles. The quantitative estimate of drug-likeness (QED) is 0.612. The fraction of sp³-hybridized carbons (Fsp3) is 0.333. The number of halogens is 1. The second-order valence-electron chi connectivity index (χ2n) is 6.19. The van der Waals surface area contributed by atoms with E-state index in [0.29, 0.717) is 37.4 Å². The van der Waals surface area contributed by atoms with E-state index in [0.717, 1.165) is 11.1 Å². The van der Waals surface area contributed by atoms with Gasteiger partial charge in [0.15, 0.2) is 11.5 Å². The SMILES string of the molecule is COc1ccc(CCC(=O)NCCNC(=O)Cc2ccc(F)cc2)cc1OC. The molecule has 0 unspecified atom stereocenters. The fourth-order valence-electron chi connectivity index (χ4n) is 2.64. The summed E-state index contributed by atoms with van der Waals surface area (Å²) in [5.74, 6) is 0.671. The molecule has 6 nitrogen and oxygen atoms in total. The lowest BCUT2D eigenvalue weighted by Gasteiger charge is -2.10. The molecular weight excluding hydrogens is 363 g/mol. The normalized spacial score (nSPS) is 10.2. The van der Waals surface area contributed by atoms with Crippen molar-refractivity contribution in [2.24, 2.45) is 0 Å². The van der Waals surface area contributed by atoms with Crippen LogP contribution in [0.3, 0.4) is 0 Å². The maximum absolute atomic E-state index is 12.8. The first-order chi connectivity index (χ1) is 13.5. The summed E-state index contributed by atoms with van der Waals surface area (Å²) in [6, 6.07) is 11.3. The minimum Gasteiger partial charge on any atom is -0.493 e. The van der Waals surface area contributed by atoms with E-state index in [9.17, 15) is 14.0 Å². The smallest absolute Gasteiger partial charge is 0.224 e. The Bertz CT molecular complexity index is 793. The van der Waals surface area contributed by atoms with E-state index in [4.69, 9.17) is 9.47 Å². The van der Waals surface area contributed by atoms with Gasteiger partial charge in [-0.25, -0.2) is 4.39 Å². The summed E-state index contributed by atoms with van der Waals surface area (Å²) in [6.07, 6.45) is 1.08. The van der Waals surface area contributed by atoms with Crippen LogP contribution in [0.15, 0.2) is 42.5 Å². The highest BCUT2D eigenvalue weighted by Crippen LogP contribution is 2.27. The molecule has 0 aromatic heterocycles. The highest BCUT2D eigenvalue weighted by atomic mass is 19.1. The van der Waals surface area contributed by atoms with Crippen molar-refractivity contribution in [1.82, 2.24) is 10.6 Å². The highest BCUT2D eigenvalue weighted by Gasteiger charge is 2.07. The number of methoxy groups -OCH3 is 2. The monoisotopic (exact) mass is 388 g/mol. The first-order valence-corrected chi connectivity index (χ1v) is 9.00. The van der Waals surface area contributed by atoms with Crippen molar-refractivity contribution >= 4 is 11.8 Å². The lowest BCUT2D eigenvalue weighted by Crippen LogP contribution is -2.35. The molecule has 0 bridgehead atoms. The van der Waals surface area contributed by atoms with Crippen molar-refractivity contribution in [2.45, 2.75) is 19.3 Å². The van der Waals surface area contributed by atoms with E-state index in [2.05, 4.69) is 10.6 Å². The predicted octanol–water partition coefficient (Wildman–Crippen LogP) is 2.25. The van der Waals surface area contributed by atoms with E-state index in [1.165, 1.54) is 12.1 Å².